The highest BCUT2D eigenvalue weighted by Gasteiger charge is 2.24. The summed E-state index contributed by atoms with van der Waals surface area (Å²) in [4.78, 5) is 0. The molecule has 4 nitrogen and oxygen atoms in total. The van der Waals surface area contributed by atoms with Crippen LogP contribution in [0.3, 0.4) is 0 Å². The Kier molecular flexibility index (Phi) is 3.97. The van der Waals surface area contributed by atoms with Crippen molar-refractivity contribution in [2.24, 2.45) is 0 Å². The SMILES string of the molecule is O=S1(=O)NCc2cccc(-c3ccc(-c4cc(F)ccc4F)cc3)c2O1. The van der Waals surface area contributed by atoms with Crippen molar-refractivity contribution in [3.63, 3.8) is 0 Å². The fourth-order valence-corrected chi connectivity index (χ4v) is 3.71. The van der Waals surface area contributed by atoms with Gasteiger partial charge in [-0.05, 0) is 29.3 Å². The Hall–Kier alpha value is -2.77. The summed E-state index contributed by atoms with van der Waals surface area (Å²) in [5.41, 5.74) is 2.72. The van der Waals surface area contributed by atoms with Gasteiger partial charge >= 0.3 is 10.3 Å². The highest BCUT2D eigenvalue weighted by Crippen LogP contribution is 2.37. The van der Waals surface area contributed by atoms with E-state index in [0.717, 1.165) is 23.8 Å². The second-order valence-electron chi connectivity index (χ2n) is 5.85. The monoisotopic (exact) mass is 373 g/mol. The van der Waals surface area contributed by atoms with Gasteiger partial charge in [0.05, 0.1) is 0 Å². The summed E-state index contributed by atoms with van der Waals surface area (Å²) < 4.78 is 58.1. The minimum atomic E-state index is -3.83. The van der Waals surface area contributed by atoms with E-state index >= 15 is 0 Å². The molecule has 3 aromatic rings. The zero-order valence-corrected chi connectivity index (χ0v) is 14.2. The summed E-state index contributed by atoms with van der Waals surface area (Å²) in [6, 6.07) is 15.3. The topological polar surface area (TPSA) is 55.4 Å². The Morgan fingerprint density at radius 1 is 0.885 bits per heavy atom. The molecule has 0 saturated heterocycles. The minimum absolute atomic E-state index is 0.151. The summed E-state index contributed by atoms with van der Waals surface area (Å²) in [5.74, 6) is -0.763. The molecule has 4 rings (SSSR count). The average molecular weight is 373 g/mol. The average Bonchev–Trinajstić information content (AvgIpc) is 2.63. The van der Waals surface area contributed by atoms with Gasteiger partial charge < -0.3 is 4.18 Å². The molecule has 0 atom stereocenters. The predicted octanol–water partition coefficient (Wildman–Crippen LogP) is 4.03. The van der Waals surface area contributed by atoms with E-state index in [9.17, 15) is 17.2 Å². The Morgan fingerprint density at radius 3 is 2.31 bits per heavy atom. The van der Waals surface area contributed by atoms with Gasteiger partial charge in [0.2, 0.25) is 0 Å². The molecule has 0 unspecified atom stereocenters. The summed E-state index contributed by atoms with van der Waals surface area (Å²) in [7, 11) is -3.83. The number of rotatable bonds is 2. The van der Waals surface area contributed by atoms with Gasteiger partial charge in [0.1, 0.15) is 11.6 Å². The molecule has 1 N–H and O–H groups in total. The van der Waals surface area contributed by atoms with Gasteiger partial charge in [-0.1, -0.05) is 42.5 Å². The van der Waals surface area contributed by atoms with Crippen LogP contribution < -0.4 is 8.91 Å². The van der Waals surface area contributed by atoms with Crippen molar-refractivity contribution in [3.8, 4) is 28.0 Å². The van der Waals surface area contributed by atoms with E-state index in [1.807, 2.05) is 0 Å². The maximum Gasteiger partial charge on any atom is 0.382 e. The van der Waals surface area contributed by atoms with Gasteiger partial charge in [0.15, 0.2) is 5.75 Å². The van der Waals surface area contributed by atoms with Gasteiger partial charge in [-0.3, -0.25) is 0 Å². The molecule has 1 heterocycles. The molecule has 1 aliphatic rings. The quantitative estimate of drug-likeness (QED) is 0.738. The van der Waals surface area contributed by atoms with Crippen LogP contribution in [0, 0.1) is 11.6 Å². The van der Waals surface area contributed by atoms with E-state index in [0.29, 0.717) is 16.7 Å². The lowest BCUT2D eigenvalue weighted by atomic mass is 9.98. The highest BCUT2D eigenvalue weighted by molar-refractivity contribution is 7.85. The molecule has 0 aromatic heterocycles. The zero-order valence-electron chi connectivity index (χ0n) is 13.4. The van der Waals surface area contributed by atoms with Crippen LogP contribution in [0.2, 0.25) is 0 Å². The Morgan fingerprint density at radius 2 is 1.58 bits per heavy atom. The highest BCUT2D eigenvalue weighted by atomic mass is 32.2. The molecule has 1 aliphatic heterocycles. The maximum absolute atomic E-state index is 13.9. The van der Waals surface area contributed by atoms with Crippen molar-refractivity contribution in [2.75, 3.05) is 0 Å². The molecule has 0 amide bonds. The first-order valence-corrected chi connectivity index (χ1v) is 9.20. The summed E-state index contributed by atoms with van der Waals surface area (Å²) in [6.07, 6.45) is 0. The minimum Gasteiger partial charge on any atom is -0.370 e. The molecule has 0 bridgehead atoms. The van der Waals surface area contributed by atoms with Gasteiger partial charge in [-0.25, -0.2) is 8.78 Å². The molecule has 0 radical (unpaired) electrons. The van der Waals surface area contributed by atoms with Crippen LogP contribution in [0.1, 0.15) is 5.56 Å². The summed E-state index contributed by atoms with van der Waals surface area (Å²) >= 11 is 0. The molecule has 7 heteroatoms. The van der Waals surface area contributed by atoms with Gasteiger partial charge in [-0.15, -0.1) is 0 Å². The Bertz CT molecular complexity index is 1100. The third-order valence-electron chi connectivity index (χ3n) is 4.16. The summed E-state index contributed by atoms with van der Waals surface area (Å²) in [6.45, 7) is 0.151. The lowest BCUT2D eigenvalue weighted by Gasteiger charge is -2.20. The van der Waals surface area contributed by atoms with Gasteiger partial charge in [-0.2, -0.15) is 13.1 Å². The van der Waals surface area contributed by atoms with Gasteiger partial charge in [0, 0.05) is 23.2 Å². The first-order chi connectivity index (χ1) is 12.4. The molecule has 3 aromatic carbocycles. The number of hydrogen-bond donors (Lipinski definition) is 1. The number of para-hydroxylation sites is 1. The number of fused-ring (bicyclic) bond motifs is 1. The lowest BCUT2D eigenvalue weighted by molar-refractivity contribution is 0.454. The van der Waals surface area contributed by atoms with E-state index in [-0.39, 0.29) is 17.9 Å². The van der Waals surface area contributed by atoms with Crippen molar-refractivity contribution in [2.45, 2.75) is 6.54 Å². The van der Waals surface area contributed by atoms with Crippen molar-refractivity contribution in [1.29, 1.82) is 0 Å². The van der Waals surface area contributed by atoms with Crippen LogP contribution in [-0.4, -0.2) is 8.42 Å². The van der Waals surface area contributed by atoms with E-state index in [4.69, 9.17) is 4.18 Å². The van der Waals surface area contributed by atoms with Crippen molar-refractivity contribution in [3.05, 3.63) is 77.9 Å². The smallest absolute Gasteiger partial charge is 0.370 e. The molecule has 0 aliphatic carbocycles. The molecule has 0 saturated carbocycles. The first kappa shape index (κ1) is 16.7. The van der Waals surface area contributed by atoms with Crippen molar-refractivity contribution in [1.82, 2.24) is 4.72 Å². The number of benzene rings is 3. The van der Waals surface area contributed by atoms with E-state index in [1.54, 1.807) is 42.5 Å². The van der Waals surface area contributed by atoms with Crippen molar-refractivity contribution < 1.29 is 21.4 Å². The maximum atomic E-state index is 13.9. The van der Waals surface area contributed by atoms with E-state index in [1.165, 1.54) is 0 Å². The number of halogens is 2. The fourth-order valence-electron chi connectivity index (χ4n) is 2.90. The third kappa shape index (κ3) is 3.07. The first-order valence-electron chi connectivity index (χ1n) is 7.80. The lowest BCUT2D eigenvalue weighted by Crippen LogP contribution is -2.32. The van der Waals surface area contributed by atoms with Crippen molar-refractivity contribution >= 4 is 10.3 Å². The zero-order chi connectivity index (χ0) is 18.3. The molecule has 0 fully saturated rings. The third-order valence-corrected chi connectivity index (χ3v) is 5.05. The van der Waals surface area contributed by atoms with E-state index < -0.39 is 21.9 Å². The molecule has 132 valence electrons. The second-order valence-corrected chi connectivity index (χ2v) is 7.22. The van der Waals surface area contributed by atoms with Crippen LogP contribution in [0.5, 0.6) is 5.75 Å². The van der Waals surface area contributed by atoms with E-state index in [2.05, 4.69) is 4.72 Å². The largest absolute Gasteiger partial charge is 0.382 e. The Labute approximate surface area is 149 Å². The Balaban J connectivity index is 1.76. The molecular weight excluding hydrogens is 360 g/mol. The van der Waals surface area contributed by atoms with Crippen LogP contribution in [0.4, 0.5) is 8.78 Å². The van der Waals surface area contributed by atoms with Crippen LogP contribution in [0.15, 0.2) is 60.7 Å². The molecule has 0 spiro atoms. The fraction of sp³-hybridized carbons (Fsp3) is 0.0526. The van der Waals surface area contributed by atoms with Crippen LogP contribution >= 0.6 is 0 Å². The van der Waals surface area contributed by atoms with Crippen LogP contribution in [-0.2, 0) is 16.8 Å². The molecule has 26 heavy (non-hydrogen) atoms. The summed E-state index contributed by atoms with van der Waals surface area (Å²) in [5, 5.41) is 0. The molecular formula is C19H13F2NO3S. The normalized spacial score (nSPS) is 15.2. The standard InChI is InChI=1S/C19H13F2NO3S/c20-15-8-9-18(21)17(10-15)13-6-4-12(5-7-13)16-3-1-2-14-11-22-26(23,24)25-19(14)16/h1-10,22H,11H2. The predicted molar refractivity (Wildman–Crippen MR) is 93.6 cm³/mol. The number of hydrogen-bond acceptors (Lipinski definition) is 3. The van der Waals surface area contributed by atoms with Gasteiger partial charge in [0.25, 0.3) is 0 Å². The number of nitrogens with one attached hydrogen (secondary N) is 1. The van der Waals surface area contributed by atoms with Crippen LogP contribution in [0.25, 0.3) is 22.3 Å². The second kappa shape index (κ2) is 6.19.